The number of methoxy groups -OCH3 is 1. The van der Waals surface area contributed by atoms with Crippen molar-refractivity contribution in [1.82, 2.24) is 14.9 Å². The van der Waals surface area contributed by atoms with Crippen LogP contribution < -0.4 is 4.90 Å². The van der Waals surface area contributed by atoms with Gasteiger partial charge in [-0.25, -0.2) is 9.97 Å². The normalized spacial score (nSPS) is 24.3. The van der Waals surface area contributed by atoms with Crippen LogP contribution in [0.2, 0.25) is 0 Å². The van der Waals surface area contributed by atoms with Gasteiger partial charge in [-0.3, -0.25) is 4.79 Å². The van der Waals surface area contributed by atoms with Crippen molar-refractivity contribution in [2.75, 3.05) is 38.2 Å². The summed E-state index contributed by atoms with van der Waals surface area (Å²) < 4.78 is 5.67. The van der Waals surface area contributed by atoms with E-state index in [4.69, 9.17) is 4.74 Å². The molecule has 3 heterocycles. The highest BCUT2D eigenvalue weighted by Gasteiger charge is 2.43. The van der Waals surface area contributed by atoms with Crippen molar-refractivity contribution in [3.05, 3.63) is 18.7 Å². The average Bonchev–Trinajstić information content (AvgIpc) is 2.66. The maximum Gasteiger partial charge on any atom is 0.225 e. The van der Waals surface area contributed by atoms with Gasteiger partial charge in [-0.15, -0.1) is 0 Å². The summed E-state index contributed by atoms with van der Waals surface area (Å²) in [7, 11) is 1.76. The fourth-order valence-electron chi connectivity index (χ4n) is 4.93. The first-order chi connectivity index (χ1) is 12.6. The van der Waals surface area contributed by atoms with E-state index in [9.17, 15) is 4.79 Å². The van der Waals surface area contributed by atoms with Crippen LogP contribution in [0, 0.1) is 5.41 Å². The molecule has 1 aromatic heterocycles. The maximum absolute atomic E-state index is 12.9. The Hall–Kier alpha value is -1.69. The Morgan fingerprint density at radius 1 is 1.08 bits per heavy atom. The molecule has 1 saturated carbocycles. The molecule has 0 radical (unpaired) electrons. The molecule has 1 spiro atoms. The third kappa shape index (κ3) is 3.43. The molecule has 0 aromatic carbocycles. The summed E-state index contributed by atoms with van der Waals surface area (Å²) in [5, 5.41) is 0. The van der Waals surface area contributed by atoms with Crippen molar-refractivity contribution in [2.45, 2.75) is 57.0 Å². The van der Waals surface area contributed by atoms with E-state index < -0.39 is 0 Å². The quantitative estimate of drug-likeness (QED) is 0.828. The zero-order valence-electron chi connectivity index (χ0n) is 15.8. The van der Waals surface area contributed by atoms with Crippen LogP contribution >= 0.6 is 0 Å². The van der Waals surface area contributed by atoms with E-state index in [1.54, 1.807) is 13.4 Å². The van der Waals surface area contributed by atoms with Crippen molar-refractivity contribution in [3.8, 4) is 0 Å². The highest BCUT2D eigenvalue weighted by Crippen LogP contribution is 2.42. The molecule has 1 aliphatic carbocycles. The highest BCUT2D eigenvalue weighted by atomic mass is 16.5. The summed E-state index contributed by atoms with van der Waals surface area (Å²) in [4.78, 5) is 25.7. The van der Waals surface area contributed by atoms with Crippen LogP contribution in [0.4, 0.5) is 5.69 Å². The lowest BCUT2D eigenvalue weighted by atomic mass is 9.72. The van der Waals surface area contributed by atoms with Crippen LogP contribution in [0.5, 0.6) is 0 Å². The maximum atomic E-state index is 12.9. The lowest BCUT2D eigenvalue weighted by molar-refractivity contribution is -0.147. The van der Waals surface area contributed by atoms with E-state index in [-0.39, 0.29) is 5.60 Å². The van der Waals surface area contributed by atoms with E-state index in [1.165, 1.54) is 12.8 Å². The zero-order chi connectivity index (χ0) is 18.0. The standard InChI is InChI=1S/C20H30N4O2/c1-26-20(5-2-6-20)12-18(25)24-9-3-4-19(15-24)7-10-23(11-8-19)17-13-21-16-22-14-17/h13-14,16H,2-12,15H2,1H3. The highest BCUT2D eigenvalue weighted by molar-refractivity contribution is 5.77. The van der Waals surface area contributed by atoms with E-state index in [0.29, 0.717) is 17.7 Å². The second-order valence-corrected chi connectivity index (χ2v) is 8.42. The summed E-state index contributed by atoms with van der Waals surface area (Å²) >= 11 is 0. The first-order valence-electron chi connectivity index (χ1n) is 9.97. The van der Waals surface area contributed by atoms with Gasteiger partial charge in [0, 0.05) is 33.3 Å². The number of nitrogens with zero attached hydrogens (tertiary/aromatic N) is 4. The molecule has 0 atom stereocenters. The largest absolute Gasteiger partial charge is 0.378 e. The van der Waals surface area contributed by atoms with Crippen LogP contribution in [0.3, 0.4) is 0 Å². The smallest absolute Gasteiger partial charge is 0.225 e. The molecular weight excluding hydrogens is 328 g/mol. The molecule has 26 heavy (non-hydrogen) atoms. The number of amides is 1. The van der Waals surface area contributed by atoms with Gasteiger partial charge in [0.05, 0.1) is 30.1 Å². The summed E-state index contributed by atoms with van der Waals surface area (Å²) in [6, 6.07) is 0. The predicted octanol–water partition coefficient (Wildman–Crippen LogP) is 2.64. The van der Waals surface area contributed by atoms with Gasteiger partial charge in [-0.2, -0.15) is 0 Å². The summed E-state index contributed by atoms with van der Waals surface area (Å²) in [6.45, 7) is 3.89. The number of ether oxygens (including phenoxy) is 1. The van der Waals surface area contributed by atoms with Gasteiger partial charge in [-0.05, 0) is 50.4 Å². The number of carbonyl (C=O) groups excluding carboxylic acids is 1. The third-order valence-corrected chi connectivity index (χ3v) is 6.92. The third-order valence-electron chi connectivity index (χ3n) is 6.92. The van der Waals surface area contributed by atoms with E-state index in [2.05, 4.69) is 19.8 Å². The number of anilines is 1. The van der Waals surface area contributed by atoms with Crippen LogP contribution in [0.25, 0.3) is 0 Å². The van der Waals surface area contributed by atoms with Crippen molar-refractivity contribution < 1.29 is 9.53 Å². The first-order valence-corrected chi connectivity index (χ1v) is 9.97. The molecule has 1 aromatic rings. The van der Waals surface area contributed by atoms with Crippen molar-refractivity contribution in [3.63, 3.8) is 0 Å². The van der Waals surface area contributed by atoms with Crippen molar-refractivity contribution in [2.24, 2.45) is 5.41 Å². The van der Waals surface area contributed by atoms with Gasteiger partial charge in [0.15, 0.2) is 0 Å². The van der Waals surface area contributed by atoms with E-state index in [0.717, 1.165) is 64.0 Å². The molecule has 3 aliphatic rings. The Kier molecular flexibility index (Phi) is 4.86. The number of carbonyl (C=O) groups is 1. The first kappa shape index (κ1) is 17.7. The molecule has 2 saturated heterocycles. The monoisotopic (exact) mass is 358 g/mol. The van der Waals surface area contributed by atoms with Crippen molar-refractivity contribution >= 4 is 11.6 Å². The molecule has 1 amide bonds. The van der Waals surface area contributed by atoms with E-state index >= 15 is 0 Å². The second kappa shape index (κ2) is 7.14. The van der Waals surface area contributed by atoms with Crippen LogP contribution in [-0.4, -0.2) is 59.7 Å². The molecule has 0 N–H and O–H groups in total. The van der Waals surface area contributed by atoms with Crippen LogP contribution in [0.1, 0.15) is 51.4 Å². The minimum atomic E-state index is -0.168. The SMILES string of the molecule is COC1(CC(=O)N2CCCC3(CCN(c4cncnc4)CC3)C2)CCC1. The summed E-state index contributed by atoms with van der Waals surface area (Å²) in [6.07, 6.45) is 13.8. The average molecular weight is 358 g/mol. The van der Waals surface area contributed by atoms with Crippen molar-refractivity contribution in [1.29, 1.82) is 0 Å². The Morgan fingerprint density at radius 3 is 2.42 bits per heavy atom. The molecular formula is C20H30N4O2. The zero-order valence-corrected chi connectivity index (χ0v) is 15.8. The fourth-order valence-corrected chi connectivity index (χ4v) is 4.93. The Morgan fingerprint density at radius 2 is 1.81 bits per heavy atom. The van der Waals surface area contributed by atoms with Crippen LogP contribution in [-0.2, 0) is 9.53 Å². The topological polar surface area (TPSA) is 58.6 Å². The molecule has 6 heteroatoms. The van der Waals surface area contributed by atoms with Gasteiger partial charge < -0.3 is 14.5 Å². The molecule has 0 unspecified atom stereocenters. The number of rotatable bonds is 4. The molecule has 4 rings (SSSR count). The van der Waals surface area contributed by atoms with Gasteiger partial charge in [0.2, 0.25) is 5.91 Å². The molecule has 142 valence electrons. The van der Waals surface area contributed by atoms with Gasteiger partial charge in [0.1, 0.15) is 6.33 Å². The van der Waals surface area contributed by atoms with Crippen LogP contribution in [0.15, 0.2) is 18.7 Å². The van der Waals surface area contributed by atoms with Gasteiger partial charge >= 0.3 is 0 Å². The number of hydrogen-bond acceptors (Lipinski definition) is 5. The van der Waals surface area contributed by atoms with E-state index in [1.807, 2.05) is 12.4 Å². The summed E-state index contributed by atoms with van der Waals surface area (Å²) in [5.41, 5.74) is 1.23. The fraction of sp³-hybridized carbons (Fsp3) is 0.750. The number of likely N-dealkylation sites (tertiary alicyclic amines) is 1. The van der Waals surface area contributed by atoms with Gasteiger partial charge in [-0.1, -0.05) is 0 Å². The Labute approximate surface area is 155 Å². The lowest BCUT2D eigenvalue weighted by Gasteiger charge is -2.49. The molecule has 2 aliphatic heterocycles. The molecule has 6 nitrogen and oxygen atoms in total. The number of piperidine rings is 2. The minimum absolute atomic E-state index is 0.168. The lowest BCUT2D eigenvalue weighted by Crippen LogP contribution is -2.53. The predicted molar refractivity (Wildman–Crippen MR) is 99.9 cm³/mol. The number of aromatic nitrogens is 2. The Balaban J connectivity index is 1.35. The molecule has 0 bridgehead atoms. The molecule has 3 fully saturated rings. The Bertz CT molecular complexity index is 618. The van der Waals surface area contributed by atoms with Gasteiger partial charge in [0.25, 0.3) is 0 Å². The minimum Gasteiger partial charge on any atom is -0.378 e. The number of hydrogen-bond donors (Lipinski definition) is 0. The second-order valence-electron chi connectivity index (χ2n) is 8.42. The summed E-state index contributed by atoms with van der Waals surface area (Å²) in [5.74, 6) is 0.296.